The first-order chi connectivity index (χ1) is 12.6. The van der Waals surface area contributed by atoms with Crippen molar-refractivity contribution < 1.29 is 18.7 Å². The number of benzene rings is 1. The van der Waals surface area contributed by atoms with Gasteiger partial charge in [-0.2, -0.15) is 0 Å². The number of hydrogen-bond donors (Lipinski definition) is 1. The van der Waals surface area contributed by atoms with Gasteiger partial charge in [0.05, 0.1) is 24.5 Å². The maximum absolute atomic E-state index is 12.8. The van der Waals surface area contributed by atoms with Crippen LogP contribution in [0.5, 0.6) is 0 Å². The number of fused-ring (bicyclic) bond motifs is 1. The van der Waals surface area contributed by atoms with E-state index in [1.165, 1.54) is 0 Å². The van der Waals surface area contributed by atoms with Gasteiger partial charge in [0.15, 0.2) is 5.76 Å². The molecule has 1 N–H and O–H groups in total. The van der Waals surface area contributed by atoms with Crippen LogP contribution in [0.3, 0.4) is 0 Å². The second-order valence-electron chi connectivity index (χ2n) is 6.49. The summed E-state index contributed by atoms with van der Waals surface area (Å²) in [5, 5.41) is 10.3. The number of rotatable bonds is 3. The van der Waals surface area contributed by atoms with Crippen LogP contribution in [0, 0.1) is 6.92 Å². The number of amides is 1. The van der Waals surface area contributed by atoms with E-state index in [1.807, 2.05) is 24.3 Å². The number of carbonyl (C=O) groups is 1. The molecule has 0 saturated heterocycles. The first kappa shape index (κ1) is 16.6. The van der Waals surface area contributed by atoms with E-state index >= 15 is 0 Å². The van der Waals surface area contributed by atoms with E-state index < -0.39 is 6.10 Å². The average Bonchev–Trinajstić information content (AvgIpc) is 3.25. The molecule has 4 rings (SSSR count). The van der Waals surface area contributed by atoms with E-state index in [0.717, 1.165) is 11.1 Å². The van der Waals surface area contributed by atoms with Crippen LogP contribution in [-0.4, -0.2) is 27.4 Å². The topological polar surface area (TPSA) is 79.7 Å². The van der Waals surface area contributed by atoms with E-state index in [2.05, 4.69) is 4.98 Å². The van der Waals surface area contributed by atoms with Crippen LogP contribution in [0.1, 0.15) is 35.1 Å². The molecule has 1 amide bonds. The van der Waals surface area contributed by atoms with Crippen molar-refractivity contribution in [2.75, 3.05) is 6.54 Å². The quantitative estimate of drug-likeness (QED) is 0.783. The molecule has 134 valence electrons. The lowest BCUT2D eigenvalue weighted by molar-refractivity contribution is -0.131. The maximum Gasteiger partial charge on any atom is 0.263 e. The third kappa shape index (κ3) is 3.15. The zero-order valence-corrected chi connectivity index (χ0v) is 14.5. The number of aliphatic hydroxyl groups excluding tert-OH is 1. The molecule has 0 bridgehead atoms. The van der Waals surface area contributed by atoms with Crippen LogP contribution >= 0.6 is 0 Å². The lowest BCUT2D eigenvalue weighted by atomic mass is 10.0. The molecule has 0 radical (unpaired) electrons. The van der Waals surface area contributed by atoms with E-state index in [0.29, 0.717) is 42.6 Å². The molecule has 1 atom stereocenters. The fraction of sp³-hybridized carbons (Fsp3) is 0.300. The molecule has 0 aliphatic carbocycles. The van der Waals surface area contributed by atoms with Crippen molar-refractivity contribution in [3.63, 3.8) is 0 Å². The zero-order chi connectivity index (χ0) is 18.1. The van der Waals surface area contributed by atoms with Gasteiger partial charge in [0.1, 0.15) is 5.76 Å². The normalized spacial score (nSPS) is 17.0. The lowest BCUT2D eigenvalue weighted by Gasteiger charge is -2.20. The van der Waals surface area contributed by atoms with Gasteiger partial charge >= 0.3 is 0 Å². The standard InChI is InChI=1S/C20H20N2O4/c1-13-16(21-20(26-13)18-7-4-10-25-18)11-19(24)22-9-8-17(23)15-6-3-2-5-14(15)12-22/h2-7,10,17,23H,8-9,11-12H2,1H3. The van der Waals surface area contributed by atoms with E-state index in [4.69, 9.17) is 8.83 Å². The molecule has 3 aromatic rings. The predicted molar refractivity (Wildman–Crippen MR) is 94.1 cm³/mol. The Balaban J connectivity index is 1.52. The molecule has 2 aromatic heterocycles. The first-order valence-corrected chi connectivity index (χ1v) is 8.65. The van der Waals surface area contributed by atoms with Crippen LogP contribution < -0.4 is 0 Å². The summed E-state index contributed by atoms with van der Waals surface area (Å²) in [7, 11) is 0. The zero-order valence-electron chi connectivity index (χ0n) is 14.5. The minimum Gasteiger partial charge on any atom is -0.459 e. The molecule has 1 aliphatic heterocycles. The van der Waals surface area contributed by atoms with Crippen molar-refractivity contribution in [3.8, 4) is 11.7 Å². The third-order valence-corrected chi connectivity index (χ3v) is 4.74. The molecule has 3 heterocycles. The molecule has 1 unspecified atom stereocenters. The summed E-state index contributed by atoms with van der Waals surface area (Å²) in [4.78, 5) is 19.0. The van der Waals surface area contributed by atoms with Gasteiger partial charge in [-0.05, 0) is 36.6 Å². The average molecular weight is 352 g/mol. The van der Waals surface area contributed by atoms with Gasteiger partial charge in [-0.1, -0.05) is 24.3 Å². The number of furan rings is 1. The monoisotopic (exact) mass is 352 g/mol. The molecule has 6 nitrogen and oxygen atoms in total. The Bertz CT molecular complexity index is 914. The van der Waals surface area contributed by atoms with Crippen molar-refractivity contribution in [1.82, 2.24) is 9.88 Å². The summed E-state index contributed by atoms with van der Waals surface area (Å²) >= 11 is 0. The van der Waals surface area contributed by atoms with Crippen LogP contribution in [0.2, 0.25) is 0 Å². The van der Waals surface area contributed by atoms with Gasteiger partial charge in [0, 0.05) is 13.1 Å². The number of nitrogens with zero attached hydrogens (tertiary/aromatic N) is 2. The minimum atomic E-state index is -0.539. The fourth-order valence-electron chi connectivity index (χ4n) is 3.29. The smallest absolute Gasteiger partial charge is 0.263 e. The highest BCUT2D eigenvalue weighted by molar-refractivity contribution is 5.78. The summed E-state index contributed by atoms with van der Waals surface area (Å²) in [6, 6.07) is 11.3. The van der Waals surface area contributed by atoms with E-state index in [1.54, 1.807) is 30.2 Å². The van der Waals surface area contributed by atoms with Gasteiger partial charge < -0.3 is 18.8 Å². The van der Waals surface area contributed by atoms with Crippen molar-refractivity contribution in [1.29, 1.82) is 0 Å². The highest BCUT2D eigenvalue weighted by Crippen LogP contribution is 2.27. The van der Waals surface area contributed by atoms with Crippen molar-refractivity contribution in [2.24, 2.45) is 0 Å². The van der Waals surface area contributed by atoms with Gasteiger partial charge in [-0.25, -0.2) is 4.98 Å². The molecule has 1 aliphatic rings. The van der Waals surface area contributed by atoms with Gasteiger partial charge in [-0.15, -0.1) is 0 Å². The van der Waals surface area contributed by atoms with E-state index in [9.17, 15) is 9.90 Å². The number of carbonyl (C=O) groups excluding carboxylic acids is 1. The number of oxazole rings is 1. The molecule has 0 fully saturated rings. The molecule has 6 heteroatoms. The number of aliphatic hydroxyl groups is 1. The third-order valence-electron chi connectivity index (χ3n) is 4.74. The molecule has 0 saturated carbocycles. The summed E-state index contributed by atoms with van der Waals surface area (Å²) in [5.41, 5.74) is 2.50. The second kappa shape index (κ2) is 6.80. The number of aryl methyl sites for hydroxylation is 1. The predicted octanol–water partition coefficient (Wildman–Crippen LogP) is 3.25. The second-order valence-corrected chi connectivity index (χ2v) is 6.49. The largest absolute Gasteiger partial charge is 0.459 e. The van der Waals surface area contributed by atoms with Crippen LogP contribution in [-0.2, 0) is 17.8 Å². The van der Waals surface area contributed by atoms with Crippen molar-refractivity contribution in [3.05, 3.63) is 65.2 Å². The Morgan fingerprint density at radius 1 is 1.31 bits per heavy atom. The Kier molecular flexibility index (Phi) is 4.34. The summed E-state index contributed by atoms with van der Waals surface area (Å²) in [5.74, 6) is 1.50. The molecule has 0 spiro atoms. The summed E-state index contributed by atoms with van der Waals surface area (Å²) < 4.78 is 10.9. The van der Waals surface area contributed by atoms with Crippen LogP contribution in [0.15, 0.2) is 51.5 Å². The fourth-order valence-corrected chi connectivity index (χ4v) is 3.29. The van der Waals surface area contributed by atoms with Crippen molar-refractivity contribution >= 4 is 5.91 Å². The van der Waals surface area contributed by atoms with E-state index in [-0.39, 0.29) is 12.3 Å². The first-order valence-electron chi connectivity index (χ1n) is 8.65. The Labute approximate surface area is 151 Å². The molecule has 26 heavy (non-hydrogen) atoms. The molecular formula is C20H20N2O4. The van der Waals surface area contributed by atoms with Gasteiger partial charge in [-0.3, -0.25) is 4.79 Å². The van der Waals surface area contributed by atoms with Gasteiger partial charge in [0.2, 0.25) is 5.91 Å². The summed E-state index contributed by atoms with van der Waals surface area (Å²) in [6.45, 7) is 2.80. The van der Waals surface area contributed by atoms with Gasteiger partial charge in [0.25, 0.3) is 5.89 Å². The van der Waals surface area contributed by atoms with Crippen molar-refractivity contribution in [2.45, 2.75) is 32.4 Å². The SMILES string of the molecule is Cc1oc(-c2ccco2)nc1CC(=O)N1CCC(O)c2ccccc2C1. The Morgan fingerprint density at radius 2 is 2.15 bits per heavy atom. The molecular weight excluding hydrogens is 332 g/mol. The van der Waals surface area contributed by atoms with Crippen LogP contribution in [0.25, 0.3) is 11.7 Å². The number of hydrogen-bond acceptors (Lipinski definition) is 5. The summed E-state index contributed by atoms with van der Waals surface area (Å²) in [6.07, 6.45) is 1.70. The lowest BCUT2D eigenvalue weighted by Crippen LogP contribution is -2.32. The maximum atomic E-state index is 12.8. The highest BCUT2D eigenvalue weighted by Gasteiger charge is 2.25. The highest BCUT2D eigenvalue weighted by atomic mass is 16.4. The minimum absolute atomic E-state index is 0.0312. The Morgan fingerprint density at radius 3 is 2.96 bits per heavy atom. The van der Waals surface area contributed by atoms with Crippen LogP contribution in [0.4, 0.5) is 0 Å². The molecule has 1 aromatic carbocycles. The Hall–Kier alpha value is -2.86. The number of aromatic nitrogens is 1.